The molecule has 3 nitrogen and oxygen atoms in total. The Balaban J connectivity index is 1.86. The third-order valence-electron chi connectivity index (χ3n) is 3.77. The van der Waals surface area contributed by atoms with Gasteiger partial charge in [-0.3, -0.25) is 4.79 Å². The van der Waals surface area contributed by atoms with Crippen molar-refractivity contribution in [1.29, 1.82) is 0 Å². The largest absolute Gasteiger partial charge is 0.340 e. The number of hydrogen-bond donors (Lipinski definition) is 1. The molecule has 1 aliphatic heterocycles. The Morgan fingerprint density at radius 3 is 2.65 bits per heavy atom. The summed E-state index contributed by atoms with van der Waals surface area (Å²) in [5.74, 6) is -1.49. The molecular formula is C15H20F2N2O. The molecule has 110 valence electrons. The lowest BCUT2D eigenvalue weighted by atomic mass is 9.95. The van der Waals surface area contributed by atoms with E-state index < -0.39 is 11.6 Å². The molecule has 0 saturated carbocycles. The van der Waals surface area contributed by atoms with Crippen LogP contribution in [0.25, 0.3) is 0 Å². The fraction of sp³-hybridized carbons (Fsp3) is 0.533. The second-order valence-corrected chi connectivity index (χ2v) is 5.24. The predicted octanol–water partition coefficient (Wildman–Crippen LogP) is 2.28. The number of amides is 1. The highest BCUT2D eigenvalue weighted by molar-refractivity contribution is 5.76. The van der Waals surface area contributed by atoms with Crippen LogP contribution < -0.4 is 5.32 Å². The molecule has 0 aliphatic carbocycles. The quantitative estimate of drug-likeness (QED) is 0.919. The van der Waals surface area contributed by atoms with Crippen LogP contribution in [0.1, 0.15) is 31.2 Å². The molecule has 0 spiro atoms. The number of halogens is 2. The second kappa shape index (κ2) is 6.79. The lowest BCUT2D eigenvalue weighted by Gasteiger charge is -2.27. The summed E-state index contributed by atoms with van der Waals surface area (Å²) in [6.07, 6.45) is 1.09. The SMILES string of the molecule is CC(CCC(=O)N1CCNCC1)c1ccc(F)c(F)c1. The Morgan fingerprint density at radius 2 is 2.00 bits per heavy atom. The first-order chi connectivity index (χ1) is 9.58. The molecule has 2 rings (SSSR count). The van der Waals surface area contributed by atoms with Crippen molar-refractivity contribution >= 4 is 5.91 Å². The molecule has 0 radical (unpaired) electrons. The van der Waals surface area contributed by atoms with Crippen LogP contribution in [0, 0.1) is 11.6 Å². The van der Waals surface area contributed by atoms with Crippen molar-refractivity contribution in [1.82, 2.24) is 10.2 Å². The van der Waals surface area contributed by atoms with Crippen molar-refractivity contribution in [3.05, 3.63) is 35.4 Å². The first kappa shape index (κ1) is 14.9. The molecule has 1 fully saturated rings. The number of piperazine rings is 1. The van der Waals surface area contributed by atoms with Gasteiger partial charge in [0.25, 0.3) is 0 Å². The Morgan fingerprint density at radius 1 is 1.30 bits per heavy atom. The van der Waals surface area contributed by atoms with Crippen molar-refractivity contribution < 1.29 is 13.6 Å². The molecular weight excluding hydrogens is 262 g/mol. The zero-order chi connectivity index (χ0) is 14.5. The average Bonchev–Trinajstić information content (AvgIpc) is 2.48. The Kier molecular flexibility index (Phi) is 5.06. The van der Waals surface area contributed by atoms with E-state index in [0.29, 0.717) is 12.8 Å². The Labute approximate surface area is 118 Å². The summed E-state index contributed by atoms with van der Waals surface area (Å²) in [7, 11) is 0. The molecule has 20 heavy (non-hydrogen) atoms. The number of benzene rings is 1. The molecule has 1 unspecified atom stereocenters. The first-order valence-corrected chi connectivity index (χ1v) is 7.01. The summed E-state index contributed by atoms with van der Waals surface area (Å²) in [6, 6.07) is 3.94. The van der Waals surface area contributed by atoms with E-state index in [4.69, 9.17) is 0 Å². The monoisotopic (exact) mass is 282 g/mol. The van der Waals surface area contributed by atoms with Gasteiger partial charge >= 0.3 is 0 Å². The van der Waals surface area contributed by atoms with Crippen LogP contribution in [-0.4, -0.2) is 37.0 Å². The minimum absolute atomic E-state index is 0.0389. The molecule has 1 heterocycles. The molecule has 0 aromatic heterocycles. The molecule has 1 aromatic rings. The van der Waals surface area contributed by atoms with Crippen molar-refractivity contribution in [3.8, 4) is 0 Å². The number of rotatable bonds is 4. The minimum atomic E-state index is -0.835. The minimum Gasteiger partial charge on any atom is -0.340 e. The van der Waals surface area contributed by atoms with Crippen LogP contribution in [0.3, 0.4) is 0 Å². The smallest absolute Gasteiger partial charge is 0.222 e. The van der Waals surface area contributed by atoms with Crippen LogP contribution >= 0.6 is 0 Å². The summed E-state index contributed by atoms with van der Waals surface area (Å²) in [4.78, 5) is 13.9. The van der Waals surface area contributed by atoms with E-state index >= 15 is 0 Å². The van der Waals surface area contributed by atoms with Crippen molar-refractivity contribution in [2.24, 2.45) is 0 Å². The van der Waals surface area contributed by atoms with Gasteiger partial charge in [-0.25, -0.2) is 8.78 Å². The van der Waals surface area contributed by atoms with Gasteiger partial charge in [-0.2, -0.15) is 0 Å². The van der Waals surface area contributed by atoms with Gasteiger partial charge in [0.15, 0.2) is 11.6 Å². The zero-order valence-corrected chi connectivity index (χ0v) is 11.7. The number of carbonyl (C=O) groups is 1. The van der Waals surface area contributed by atoms with E-state index in [2.05, 4.69) is 5.32 Å². The highest BCUT2D eigenvalue weighted by Gasteiger charge is 2.17. The Hall–Kier alpha value is -1.49. The normalized spacial score (nSPS) is 17.1. The maximum absolute atomic E-state index is 13.2. The molecule has 1 N–H and O–H groups in total. The van der Waals surface area contributed by atoms with E-state index in [1.54, 1.807) is 6.07 Å². The highest BCUT2D eigenvalue weighted by Crippen LogP contribution is 2.22. The van der Waals surface area contributed by atoms with E-state index in [9.17, 15) is 13.6 Å². The molecule has 1 aromatic carbocycles. The standard InChI is InChI=1S/C15H20F2N2O/c1-11(12-3-4-13(16)14(17)10-12)2-5-15(20)19-8-6-18-7-9-19/h3-4,10-11,18H,2,5-9H2,1H3. The topological polar surface area (TPSA) is 32.3 Å². The maximum Gasteiger partial charge on any atom is 0.222 e. The molecule has 0 bridgehead atoms. The number of hydrogen-bond acceptors (Lipinski definition) is 2. The van der Waals surface area contributed by atoms with E-state index in [-0.39, 0.29) is 11.8 Å². The molecule has 5 heteroatoms. The van der Waals surface area contributed by atoms with Gasteiger partial charge in [-0.05, 0) is 30.0 Å². The van der Waals surface area contributed by atoms with Crippen LogP contribution in [0.15, 0.2) is 18.2 Å². The lowest BCUT2D eigenvalue weighted by Crippen LogP contribution is -2.46. The van der Waals surface area contributed by atoms with Gasteiger partial charge in [0, 0.05) is 32.6 Å². The highest BCUT2D eigenvalue weighted by atomic mass is 19.2. The van der Waals surface area contributed by atoms with Gasteiger partial charge in [-0.1, -0.05) is 13.0 Å². The van der Waals surface area contributed by atoms with Crippen LogP contribution in [-0.2, 0) is 4.79 Å². The maximum atomic E-state index is 13.2. The molecule has 1 aliphatic rings. The van der Waals surface area contributed by atoms with Crippen molar-refractivity contribution in [2.45, 2.75) is 25.7 Å². The van der Waals surface area contributed by atoms with Gasteiger partial charge in [0.05, 0.1) is 0 Å². The van der Waals surface area contributed by atoms with E-state index in [0.717, 1.165) is 37.8 Å². The number of nitrogens with zero attached hydrogens (tertiary/aromatic N) is 1. The van der Waals surface area contributed by atoms with Gasteiger partial charge in [0.2, 0.25) is 5.91 Å². The van der Waals surface area contributed by atoms with Gasteiger partial charge in [0.1, 0.15) is 0 Å². The number of nitrogens with one attached hydrogen (secondary N) is 1. The first-order valence-electron chi connectivity index (χ1n) is 7.01. The van der Waals surface area contributed by atoms with Crippen LogP contribution in [0.4, 0.5) is 8.78 Å². The van der Waals surface area contributed by atoms with Crippen LogP contribution in [0.5, 0.6) is 0 Å². The molecule has 1 amide bonds. The van der Waals surface area contributed by atoms with Crippen molar-refractivity contribution in [3.63, 3.8) is 0 Å². The third kappa shape index (κ3) is 3.76. The zero-order valence-electron chi connectivity index (χ0n) is 11.7. The van der Waals surface area contributed by atoms with Crippen molar-refractivity contribution in [2.75, 3.05) is 26.2 Å². The predicted molar refractivity (Wildman–Crippen MR) is 73.5 cm³/mol. The Bertz CT molecular complexity index is 473. The summed E-state index contributed by atoms with van der Waals surface area (Å²) in [5, 5.41) is 3.20. The summed E-state index contributed by atoms with van der Waals surface area (Å²) in [6.45, 7) is 5.10. The van der Waals surface area contributed by atoms with E-state index in [1.165, 1.54) is 6.07 Å². The summed E-state index contributed by atoms with van der Waals surface area (Å²) < 4.78 is 26.0. The summed E-state index contributed by atoms with van der Waals surface area (Å²) >= 11 is 0. The summed E-state index contributed by atoms with van der Waals surface area (Å²) in [5.41, 5.74) is 0.733. The van der Waals surface area contributed by atoms with E-state index in [1.807, 2.05) is 11.8 Å². The fourth-order valence-corrected chi connectivity index (χ4v) is 2.40. The fourth-order valence-electron chi connectivity index (χ4n) is 2.40. The average molecular weight is 282 g/mol. The van der Waals surface area contributed by atoms with Gasteiger partial charge < -0.3 is 10.2 Å². The van der Waals surface area contributed by atoms with Crippen LogP contribution in [0.2, 0.25) is 0 Å². The van der Waals surface area contributed by atoms with Gasteiger partial charge in [-0.15, -0.1) is 0 Å². The lowest BCUT2D eigenvalue weighted by molar-refractivity contribution is -0.131. The molecule has 1 atom stereocenters. The molecule has 1 saturated heterocycles. The second-order valence-electron chi connectivity index (χ2n) is 5.24. The third-order valence-corrected chi connectivity index (χ3v) is 3.77. The number of carbonyl (C=O) groups excluding carboxylic acids is 1.